The van der Waals surface area contributed by atoms with Gasteiger partial charge in [-0.2, -0.15) is 0 Å². The Kier molecular flexibility index (Phi) is 4.64. The predicted octanol–water partition coefficient (Wildman–Crippen LogP) is 4.47. The van der Waals surface area contributed by atoms with E-state index in [1.807, 2.05) is 32.9 Å². The first-order valence-corrected chi connectivity index (χ1v) is 7.74. The molecule has 2 heteroatoms. The number of benzene rings is 1. The van der Waals surface area contributed by atoms with Crippen LogP contribution >= 0.6 is 0 Å². The second-order valence-corrected chi connectivity index (χ2v) is 6.28. The lowest BCUT2D eigenvalue weighted by Crippen LogP contribution is -2.45. The van der Waals surface area contributed by atoms with Gasteiger partial charge in [-0.05, 0) is 57.6 Å². The summed E-state index contributed by atoms with van der Waals surface area (Å²) in [6.45, 7) is 8.86. The summed E-state index contributed by atoms with van der Waals surface area (Å²) in [6.07, 6.45) is 4.00. The Balaban J connectivity index is 2.38. The molecule has 1 aromatic rings. The average molecular weight is 274 g/mol. The Morgan fingerprint density at radius 2 is 2.15 bits per heavy atom. The van der Waals surface area contributed by atoms with Crippen LogP contribution in [0.5, 0.6) is 0 Å². The standard InChI is InChI=1S/C18H26O2/c1-5-20-18(10-6-7-14(3)12-18)17(19)16-11-13(2)8-9-15(16)4/h8-9,11,14H,5-7,10,12H2,1-4H3. The van der Waals surface area contributed by atoms with Crippen LogP contribution < -0.4 is 0 Å². The average Bonchev–Trinajstić information content (AvgIpc) is 2.41. The van der Waals surface area contributed by atoms with Crippen LogP contribution in [0.15, 0.2) is 18.2 Å². The van der Waals surface area contributed by atoms with Gasteiger partial charge in [-0.15, -0.1) is 0 Å². The second-order valence-electron chi connectivity index (χ2n) is 6.28. The van der Waals surface area contributed by atoms with Crippen LogP contribution in [0.1, 0.15) is 61.0 Å². The Bertz CT molecular complexity index is 488. The minimum atomic E-state index is -0.592. The lowest BCUT2D eigenvalue weighted by Gasteiger charge is -2.38. The van der Waals surface area contributed by atoms with Gasteiger partial charge in [0.05, 0.1) is 0 Å². The van der Waals surface area contributed by atoms with Crippen molar-refractivity contribution in [3.8, 4) is 0 Å². The fourth-order valence-corrected chi connectivity index (χ4v) is 3.41. The number of Topliss-reactive ketones (excluding diaryl/α,β-unsaturated/α-hetero) is 1. The van der Waals surface area contributed by atoms with Gasteiger partial charge in [-0.25, -0.2) is 0 Å². The molecule has 110 valence electrons. The van der Waals surface area contributed by atoms with Gasteiger partial charge in [-0.1, -0.05) is 31.0 Å². The molecule has 1 aromatic carbocycles. The molecule has 0 radical (unpaired) electrons. The van der Waals surface area contributed by atoms with Crippen molar-refractivity contribution in [2.45, 2.75) is 59.0 Å². The SMILES string of the molecule is CCOC1(C(=O)c2cc(C)ccc2C)CCCC(C)C1. The van der Waals surface area contributed by atoms with Crippen LogP contribution in [0, 0.1) is 19.8 Å². The summed E-state index contributed by atoms with van der Waals surface area (Å²) in [7, 11) is 0. The highest BCUT2D eigenvalue weighted by molar-refractivity contribution is 6.03. The molecule has 1 saturated carbocycles. The smallest absolute Gasteiger partial charge is 0.194 e. The number of rotatable bonds is 4. The molecule has 1 aliphatic carbocycles. The molecule has 0 amide bonds. The van der Waals surface area contributed by atoms with Crippen molar-refractivity contribution in [3.63, 3.8) is 0 Å². The molecule has 0 bridgehead atoms. The minimum absolute atomic E-state index is 0.187. The van der Waals surface area contributed by atoms with Crippen LogP contribution in [-0.2, 0) is 4.74 Å². The molecule has 0 spiro atoms. The third-order valence-corrected chi connectivity index (χ3v) is 4.43. The summed E-state index contributed by atoms with van der Waals surface area (Å²) >= 11 is 0. The lowest BCUT2D eigenvalue weighted by molar-refractivity contribution is -0.0512. The van der Waals surface area contributed by atoms with Crippen LogP contribution in [0.2, 0.25) is 0 Å². The van der Waals surface area contributed by atoms with Crippen molar-refractivity contribution in [2.75, 3.05) is 6.61 Å². The van der Waals surface area contributed by atoms with Gasteiger partial charge < -0.3 is 4.74 Å². The third kappa shape index (κ3) is 2.95. The Morgan fingerprint density at radius 1 is 1.40 bits per heavy atom. The molecule has 20 heavy (non-hydrogen) atoms. The van der Waals surface area contributed by atoms with E-state index in [4.69, 9.17) is 4.74 Å². The van der Waals surface area contributed by atoms with E-state index in [2.05, 4.69) is 13.0 Å². The molecule has 0 aliphatic heterocycles. The van der Waals surface area contributed by atoms with E-state index in [0.717, 1.165) is 36.0 Å². The number of hydrogen-bond acceptors (Lipinski definition) is 2. The molecule has 2 rings (SSSR count). The predicted molar refractivity (Wildman–Crippen MR) is 82.2 cm³/mol. The number of aryl methyl sites for hydroxylation is 2. The van der Waals surface area contributed by atoms with Gasteiger partial charge in [0.25, 0.3) is 0 Å². The van der Waals surface area contributed by atoms with Crippen molar-refractivity contribution in [2.24, 2.45) is 5.92 Å². The van der Waals surface area contributed by atoms with E-state index >= 15 is 0 Å². The quantitative estimate of drug-likeness (QED) is 0.757. The number of hydrogen-bond donors (Lipinski definition) is 0. The zero-order valence-corrected chi connectivity index (χ0v) is 13.2. The summed E-state index contributed by atoms with van der Waals surface area (Å²) in [5.41, 5.74) is 2.44. The first-order valence-electron chi connectivity index (χ1n) is 7.74. The van der Waals surface area contributed by atoms with E-state index in [9.17, 15) is 4.79 Å². The molecule has 0 aromatic heterocycles. The monoisotopic (exact) mass is 274 g/mol. The Labute approximate surface area is 122 Å². The second kappa shape index (κ2) is 6.09. The van der Waals surface area contributed by atoms with Gasteiger partial charge in [0, 0.05) is 12.2 Å². The normalized spacial score (nSPS) is 26.5. The summed E-state index contributed by atoms with van der Waals surface area (Å²) in [5.74, 6) is 0.747. The fourth-order valence-electron chi connectivity index (χ4n) is 3.41. The number of carbonyl (C=O) groups excluding carboxylic acids is 1. The summed E-state index contributed by atoms with van der Waals surface area (Å²) < 4.78 is 6.00. The maximum atomic E-state index is 13.1. The van der Waals surface area contributed by atoms with Crippen molar-refractivity contribution in [1.82, 2.24) is 0 Å². The first kappa shape index (κ1) is 15.2. The molecule has 0 heterocycles. The number of ketones is 1. The topological polar surface area (TPSA) is 26.3 Å². The summed E-state index contributed by atoms with van der Waals surface area (Å²) in [5, 5.41) is 0. The van der Waals surface area contributed by atoms with Crippen LogP contribution in [0.4, 0.5) is 0 Å². The minimum Gasteiger partial charge on any atom is -0.367 e. The highest BCUT2D eigenvalue weighted by Gasteiger charge is 2.43. The van der Waals surface area contributed by atoms with Gasteiger partial charge in [0.15, 0.2) is 5.78 Å². The maximum Gasteiger partial charge on any atom is 0.194 e. The van der Waals surface area contributed by atoms with E-state index < -0.39 is 5.60 Å². The van der Waals surface area contributed by atoms with Crippen molar-refractivity contribution < 1.29 is 9.53 Å². The third-order valence-electron chi connectivity index (χ3n) is 4.43. The molecule has 1 fully saturated rings. The molecular formula is C18H26O2. The lowest BCUT2D eigenvalue weighted by atomic mass is 9.74. The van der Waals surface area contributed by atoms with Crippen LogP contribution in [0.25, 0.3) is 0 Å². The first-order chi connectivity index (χ1) is 9.48. The zero-order valence-electron chi connectivity index (χ0n) is 13.2. The molecule has 1 aliphatic rings. The molecule has 0 saturated heterocycles. The molecule has 2 atom stereocenters. The van der Waals surface area contributed by atoms with Gasteiger partial charge in [-0.3, -0.25) is 4.79 Å². The van der Waals surface area contributed by atoms with Gasteiger partial charge >= 0.3 is 0 Å². The van der Waals surface area contributed by atoms with Crippen molar-refractivity contribution in [3.05, 3.63) is 34.9 Å². The van der Waals surface area contributed by atoms with E-state index in [0.29, 0.717) is 12.5 Å². The van der Waals surface area contributed by atoms with Crippen LogP contribution in [0.3, 0.4) is 0 Å². The largest absolute Gasteiger partial charge is 0.367 e. The van der Waals surface area contributed by atoms with E-state index in [-0.39, 0.29) is 5.78 Å². The van der Waals surface area contributed by atoms with Gasteiger partial charge in [0.1, 0.15) is 5.60 Å². The van der Waals surface area contributed by atoms with E-state index in [1.54, 1.807) is 0 Å². The summed E-state index contributed by atoms with van der Waals surface area (Å²) in [4.78, 5) is 13.1. The number of ether oxygens (including phenoxy) is 1. The Hall–Kier alpha value is -1.15. The zero-order chi connectivity index (χ0) is 14.8. The molecular weight excluding hydrogens is 248 g/mol. The van der Waals surface area contributed by atoms with Gasteiger partial charge in [0.2, 0.25) is 0 Å². The van der Waals surface area contributed by atoms with Crippen LogP contribution in [-0.4, -0.2) is 18.0 Å². The van der Waals surface area contributed by atoms with Crippen molar-refractivity contribution >= 4 is 5.78 Å². The number of carbonyl (C=O) groups is 1. The fraction of sp³-hybridized carbons (Fsp3) is 0.611. The molecule has 2 nitrogen and oxygen atoms in total. The van der Waals surface area contributed by atoms with E-state index in [1.165, 1.54) is 6.42 Å². The molecule has 0 N–H and O–H groups in total. The summed E-state index contributed by atoms with van der Waals surface area (Å²) in [6, 6.07) is 6.11. The maximum absolute atomic E-state index is 13.1. The van der Waals surface area contributed by atoms with Crippen molar-refractivity contribution in [1.29, 1.82) is 0 Å². The molecule has 2 unspecified atom stereocenters. The highest BCUT2D eigenvalue weighted by Crippen LogP contribution is 2.38. The highest BCUT2D eigenvalue weighted by atomic mass is 16.5. The Morgan fingerprint density at radius 3 is 2.80 bits per heavy atom.